The zero-order valence-electron chi connectivity index (χ0n) is 15.0. The SMILES string of the molecule is COc1cc(NC(=O)Nc2cnc(N3CCCCC3)nc2)cc(OC)c1. The monoisotopic (exact) mass is 357 g/mol. The molecule has 1 aromatic heterocycles. The Hall–Kier alpha value is -3.03. The highest BCUT2D eigenvalue weighted by Gasteiger charge is 2.13. The van der Waals surface area contributed by atoms with Crippen LogP contribution in [0.5, 0.6) is 11.5 Å². The molecule has 1 fully saturated rings. The molecule has 1 aliphatic rings. The highest BCUT2D eigenvalue weighted by molar-refractivity contribution is 5.99. The van der Waals surface area contributed by atoms with Gasteiger partial charge in [0.25, 0.3) is 0 Å². The van der Waals surface area contributed by atoms with Crippen molar-refractivity contribution in [1.29, 1.82) is 0 Å². The highest BCUT2D eigenvalue weighted by Crippen LogP contribution is 2.26. The van der Waals surface area contributed by atoms with E-state index in [4.69, 9.17) is 9.47 Å². The van der Waals surface area contributed by atoms with Crippen molar-refractivity contribution >= 4 is 23.4 Å². The maximum absolute atomic E-state index is 12.2. The quantitative estimate of drug-likeness (QED) is 0.855. The van der Waals surface area contributed by atoms with Crippen LogP contribution in [0.2, 0.25) is 0 Å². The van der Waals surface area contributed by atoms with E-state index >= 15 is 0 Å². The first-order valence-corrected chi connectivity index (χ1v) is 8.56. The van der Waals surface area contributed by atoms with Crippen molar-refractivity contribution in [3.8, 4) is 11.5 Å². The molecule has 0 saturated carbocycles. The average molecular weight is 357 g/mol. The fraction of sp³-hybridized carbons (Fsp3) is 0.389. The van der Waals surface area contributed by atoms with Crippen LogP contribution >= 0.6 is 0 Å². The van der Waals surface area contributed by atoms with Crippen LogP contribution in [0.1, 0.15) is 19.3 Å². The summed E-state index contributed by atoms with van der Waals surface area (Å²) in [6, 6.07) is 4.75. The average Bonchev–Trinajstić information content (AvgIpc) is 2.68. The first-order valence-electron chi connectivity index (χ1n) is 8.56. The molecule has 0 unspecified atom stereocenters. The van der Waals surface area contributed by atoms with E-state index in [1.54, 1.807) is 44.8 Å². The van der Waals surface area contributed by atoms with Gasteiger partial charge in [-0.05, 0) is 19.3 Å². The Morgan fingerprint density at radius 3 is 2.08 bits per heavy atom. The number of urea groups is 1. The molecular formula is C18H23N5O3. The van der Waals surface area contributed by atoms with Gasteiger partial charge in [-0.15, -0.1) is 0 Å². The Balaban J connectivity index is 1.61. The van der Waals surface area contributed by atoms with E-state index < -0.39 is 6.03 Å². The van der Waals surface area contributed by atoms with E-state index in [0.717, 1.165) is 25.9 Å². The molecule has 1 aromatic carbocycles. The number of aromatic nitrogens is 2. The Kier molecular flexibility index (Phi) is 5.73. The lowest BCUT2D eigenvalue weighted by Gasteiger charge is -2.26. The Morgan fingerprint density at radius 1 is 0.923 bits per heavy atom. The van der Waals surface area contributed by atoms with Crippen molar-refractivity contribution in [2.75, 3.05) is 42.8 Å². The first-order chi connectivity index (χ1) is 12.7. The van der Waals surface area contributed by atoms with Crippen LogP contribution in [0.3, 0.4) is 0 Å². The summed E-state index contributed by atoms with van der Waals surface area (Å²) in [4.78, 5) is 23.1. The van der Waals surface area contributed by atoms with Crippen LogP contribution in [0, 0.1) is 0 Å². The number of amides is 2. The van der Waals surface area contributed by atoms with Gasteiger partial charge in [-0.3, -0.25) is 0 Å². The van der Waals surface area contributed by atoms with Gasteiger partial charge in [0.05, 0.1) is 32.3 Å². The number of nitrogens with zero attached hydrogens (tertiary/aromatic N) is 3. The van der Waals surface area contributed by atoms with E-state index in [1.807, 2.05) is 0 Å². The van der Waals surface area contributed by atoms with E-state index in [0.29, 0.717) is 28.8 Å². The maximum atomic E-state index is 12.2. The first kappa shape index (κ1) is 17.8. The number of anilines is 3. The minimum Gasteiger partial charge on any atom is -0.497 e. The summed E-state index contributed by atoms with van der Waals surface area (Å²) in [6.07, 6.45) is 6.81. The van der Waals surface area contributed by atoms with E-state index in [1.165, 1.54) is 6.42 Å². The minimum atomic E-state index is -0.394. The summed E-state index contributed by atoms with van der Waals surface area (Å²) >= 11 is 0. The molecule has 0 aliphatic carbocycles. The molecule has 3 rings (SSSR count). The van der Waals surface area contributed by atoms with E-state index in [-0.39, 0.29) is 0 Å². The van der Waals surface area contributed by atoms with Crippen LogP contribution in [0.25, 0.3) is 0 Å². The fourth-order valence-electron chi connectivity index (χ4n) is 2.82. The van der Waals surface area contributed by atoms with Gasteiger partial charge in [-0.25, -0.2) is 14.8 Å². The molecule has 26 heavy (non-hydrogen) atoms. The zero-order valence-corrected chi connectivity index (χ0v) is 15.0. The minimum absolute atomic E-state index is 0.394. The predicted octanol–water partition coefficient (Wildman–Crippen LogP) is 3.13. The van der Waals surface area contributed by atoms with Crippen molar-refractivity contribution < 1.29 is 14.3 Å². The second kappa shape index (κ2) is 8.37. The normalized spacial score (nSPS) is 13.8. The highest BCUT2D eigenvalue weighted by atomic mass is 16.5. The van der Waals surface area contributed by atoms with Gasteiger partial charge >= 0.3 is 6.03 Å². The number of carbonyl (C=O) groups excluding carboxylic acids is 1. The Morgan fingerprint density at radius 2 is 1.50 bits per heavy atom. The second-order valence-corrected chi connectivity index (χ2v) is 6.00. The maximum Gasteiger partial charge on any atom is 0.323 e. The van der Waals surface area contributed by atoms with Crippen molar-refractivity contribution in [2.45, 2.75) is 19.3 Å². The molecule has 0 radical (unpaired) electrons. The lowest BCUT2D eigenvalue weighted by Crippen LogP contribution is -2.31. The molecule has 138 valence electrons. The van der Waals surface area contributed by atoms with Gasteiger partial charge in [0.15, 0.2) is 0 Å². The summed E-state index contributed by atoms with van der Waals surface area (Å²) in [5.41, 5.74) is 1.09. The van der Waals surface area contributed by atoms with E-state index in [9.17, 15) is 4.79 Å². The number of methoxy groups -OCH3 is 2. The molecule has 0 spiro atoms. The molecule has 2 aromatic rings. The molecule has 2 N–H and O–H groups in total. The molecule has 0 bridgehead atoms. The molecule has 2 heterocycles. The smallest absolute Gasteiger partial charge is 0.323 e. The van der Waals surface area contributed by atoms with E-state index in [2.05, 4.69) is 25.5 Å². The fourth-order valence-corrected chi connectivity index (χ4v) is 2.82. The predicted molar refractivity (Wildman–Crippen MR) is 100 cm³/mol. The van der Waals surface area contributed by atoms with Gasteiger partial charge in [0.1, 0.15) is 11.5 Å². The number of rotatable bonds is 5. The lowest BCUT2D eigenvalue weighted by molar-refractivity contribution is 0.262. The van der Waals surface area contributed by atoms with Gasteiger partial charge in [-0.2, -0.15) is 0 Å². The number of benzene rings is 1. The van der Waals surface area contributed by atoms with Crippen LogP contribution < -0.4 is 25.0 Å². The van der Waals surface area contributed by atoms with Crippen LogP contribution in [0.4, 0.5) is 22.1 Å². The lowest BCUT2D eigenvalue weighted by atomic mass is 10.1. The van der Waals surface area contributed by atoms with Gasteiger partial charge < -0.3 is 25.0 Å². The van der Waals surface area contributed by atoms with Crippen LogP contribution in [-0.2, 0) is 0 Å². The third kappa shape index (κ3) is 4.53. The summed E-state index contributed by atoms with van der Waals surface area (Å²) in [6.45, 7) is 1.95. The molecule has 8 heteroatoms. The molecule has 2 amide bonds. The van der Waals surface area contributed by atoms with Gasteiger partial charge in [-0.1, -0.05) is 0 Å². The van der Waals surface area contributed by atoms with Crippen molar-refractivity contribution in [1.82, 2.24) is 9.97 Å². The third-order valence-electron chi connectivity index (χ3n) is 4.14. The van der Waals surface area contributed by atoms with Crippen LogP contribution in [0.15, 0.2) is 30.6 Å². The van der Waals surface area contributed by atoms with Crippen molar-refractivity contribution in [3.63, 3.8) is 0 Å². The Labute approximate surface area is 152 Å². The largest absolute Gasteiger partial charge is 0.497 e. The summed E-state index contributed by atoms with van der Waals surface area (Å²) < 4.78 is 10.4. The summed E-state index contributed by atoms with van der Waals surface area (Å²) in [5, 5.41) is 5.46. The number of hydrogen-bond donors (Lipinski definition) is 2. The summed E-state index contributed by atoms with van der Waals surface area (Å²) in [5.74, 6) is 1.89. The number of hydrogen-bond acceptors (Lipinski definition) is 6. The standard InChI is InChI=1S/C18H23N5O3/c1-25-15-8-13(9-16(10-15)26-2)21-18(24)22-14-11-19-17(20-12-14)23-6-4-3-5-7-23/h8-12H,3-7H2,1-2H3,(H2,21,22,24). The molecule has 1 saturated heterocycles. The molecule has 1 aliphatic heterocycles. The second-order valence-electron chi connectivity index (χ2n) is 6.00. The molecular weight excluding hydrogens is 334 g/mol. The molecule has 0 atom stereocenters. The van der Waals surface area contributed by atoms with Gasteiger partial charge in [0.2, 0.25) is 5.95 Å². The topological polar surface area (TPSA) is 88.6 Å². The number of ether oxygens (including phenoxy) is 2. The number of nitrogens with one attached hydrogen (secondary N) is 2. The van der Waals surface area contributed by atoms with Gasteiger partial charge in [0, 0.05) is 37.0 Å². The van der Waals surface area contributed by atoms with Crippen molar-refractivity contribution in [2.24, 2.45) is 0 Å². The zero-order chi connectivity index (χ0) is 18.4. The third-order valence-corrected chi connectivity index (χ3v) is 4.14. The van der Waals surface area contributed by atoms with Crippen LogP contribution in [-0.4, -0.2) is 43.3 Å². The number of carbonyl (C=O) groups is 1. The Bertz CT molecular complexity index is 723. The molecule has 8 nitrogen and oxygen atoms in total. The summed E-state index contributed by atoms with van der Waals surface area (Å²) in [7, 11) is 3.11. The number of piperidine rings is 1. The van der Waals surface area contributed by atoms with Crippen molar-refractivity contribution in [3.05, 3.63) is 30.6 Å².